The van der Waals surface area contributed by atoms with Crippen LogP contribution < -0.4 is 5.32 Å². The largest absolute Gasteiger partial charge is 0.351 e. The predicted octanol–water partition coefficient (Wildman–Crippen LogP) is 1.17. The molecule has 2 N–H and O–H groups in total. The number of halogens is 1. The van der Waals surface area contributed by atoms with Crippen molar-refractivity contribution in [1.82, 2.24) is 25.5 Å². The van der Waals surface area contributed by atoms with Gasteiger partial charge in [0.15, 0.2) is 0 Å². The minimum atomic E-state index is -0.529. The van der Waals surface area contributed by atoms with Crippen LogP contribution in [0, 0.1) is 12.7 Å². The first-order valence-corrected chi connectivity index (χ1v) is 6.54. The third-order valence-electron chi connectivity index (χ3n) is 2.16. The third kappa shape index (κ3) is 4.02. The molecule has 0 saturated carbocycles. The molecule has 2 heterocycles. The lowest BCUT2D eigenvalue weighted by Crippen LogP contribution is -2.25. The Morgan fingerprint density at radius 2 is 2.37 bits per heavy atom. The molecule has 0 bridgehead atoms. The lowest BCUT2D eigenvalue weighted by molar-refractivity contribution is 0.0955. The van der Waals surface area contributed by atoms with E-state index in [0.717, 1.165) is 18.1 Å². The van der Waals surface area contributed by atoms with Crippen molar-refractivity contribution in [3.05, 3.63) is 35.7 Å². The maximum absolute atomic E-state index is 12.9. The second-order valence-electron chi connectivity index (χ2n) is 3.70. The number of hydrogen-bond donors (Lipinski definition) is 2. The summed E-state index contributed by atoms with van der Waals surface area (Å²) in [6.45, 7) is 2.25. The highest BCUT2D eigenvalue weighted by molar-refractivity contribution is 7.99. The summed E-state index contributed by atoms with van der Waals surface area (Å²) < 4.78 is 12.9. The van der Waals surface area contributed by atoms with Crippen molar-refractivity contribution in [3.8, 4) is 0 Å². The molecular weight excluding hydrogens is 269 g/mol. The van der Waals surface area contributed by atoms with Gasteiger partial charge < -0.3 is 5.32 Å². The number of thioether (sulfide) groups is 1. The zero-order chi connectivity index (χ0) is 13.7. The van der Waals surface area contributed by atoms with Crippen LogP contribution in [0.25, 0.3) is 0 Å². The van der Waals surface area contributed by atoms with Crippen molar-refractivity contribution in [2.24, 2.45) is 0 Å². The fourth-order valence-corrected chi connectivity index (χ4v) is 2.03. The van der Waals surface area contributed by atoms with Gasteiger partial charge in [-0.05, 0) is 13.0 Å². The van der Waals surface area contributed by atoms with Crippen molar-refractivity contribution >= 4 is 17.7 Å². The van der Waals surface area contributed by atoms with Crippen LogP contribution >= 0.6 is 11.8 Å². The van der Waals surface area contributed by atoms with Gasteiger partial charge in [0, 0.05) is 18.5 Å². The number of H-pyrrole nitrogens is 1. The number of pyridine rings is 1. The molecule has 1 amide bonds. The van der Waals surface area contributed by atoms with E-state index in [1.807, 2.05) is 6.92 Å². The van der Waals surface area contributed by atoms with Gasteiger partial charge in [0.2, 0.25) is 5.16 Å². The Hall–Kier alpha value is -1.96. The second-order valence-corrected chi connectivity index (χ2v) is 4.76. The van der Waals surface area contributed by atoms with E-state index in [0.29, 0.717) is 17.5 Å². The lowest BCUT2D eigenvalue weighted by Gasteiger charge is -2.03. The number of aromatic nitrogens is 4. The Bertz CT molecular complexity index is 574. The highest BCUT2D eigenvalue weighted by Gasteiger charge is 2.07. The summed E-state index contributed by atoms with van der Waals surface area (Å²) in [5.74, 6) is 0.501. The van der Waals surface area contributed by atoms with Crippen LogP contribution in [0.1, 0.15) is 16.2 Å². The van der Waals surface area contributed by atoms with Gasteiger partial charge in [-0.1, -0.05) is 11.8 Å². The SMILES string of the molecule is Cc1nc(SCCNC(=O)c2cncc(F)c2)n[nH]1. The van der Waals surface area contributed by atoms with Gasteiger partial charge in [-0.15, -0.1) is 5.10 Å². The first kappa shape index (κ1) is 13.5. The molecule has 2 rings (SSSR count). The van der Waals surface area contributed by atoms with Gasteiger partial charge in [-0.3, -0.25) is 14.9 Å². The van der Waals surface area contributed by atoms with Crippen LogP contribution in [0.2, 0.25) is 0 Å². The number of carbonyl (C=O) groups excluding carboxylic acids is 1. The Morgan fingerprint density at radius 3 is 3.05 bits per heavy atom. The average molecular weight is 281 g/mol. The van der Waals surface area contributed by atoms with Crippen molar-refractivity contribution in [3.63, 3.8) is 0 Å². The van der Waals surface area contributed by atoms with Gasteiger partial charge in [-0.25, -0.2) is 9.37 Å². The molecule has 0 radical (unpaired) electrons. The Balaban J connectivity index is 1.75. The van der Waals surface area contributed by atoms with Crippen LogP contribution in [0.15, 0.2) is 23.6 Å². The lowest BCUT2D eigenvalue weighted by atomic mass is 10.2. The summed E-state index contributed by atoms with van der Waals surface area (Å²) in [6.07, 6.45) is 2.38. The fourth-order valence-electron chi connectivity index (χ4n) is 1.33. The van der Waals surface area contributed by atoms with Crippen molar-refractivity contribution in [2.45, 2.75) is 12.1 Å². The number of amides is 1. The second kappa shape index (κ2) is 6.28. The highest BCUT2D eigenvalue weighted by atomic mass is 32.2. The van der Waals surface area contributed by atoms with Crippen LogP contribution in [0.4, 0.5) is 4.39 Å². The smallest absolute Gasteiger partial charge is 0.252 e. The molecule has 0 aliphatic carbocycles. The van der Waals surface area contributed by atoms with Crippen LogP contribution in [0.5, 0.6) is 0 Å². The fraction of sp³-hybridized carbons (Fsp3) is 0.273. The Labute approximate surface area is 113 Å². The molecule has 0 atom stereocenters. The van der Waals surface area contributed by atoms with E-state index in [4.69, 9.17) is 0 Å². The third-order valence-corrected chi connectivity index (χ3v) is 3.01. The Morgan fingerprint density at radius 1 is 1.53 bits per heavy atom. The van der Waals surface area contributed by atoms with E-state index in [2.05, 4.69) is 25.5 Å². The predicted molar refractivity (Wildman–Crippen MR) is 68.4 cm³/mol. The summed E-state index contributed by atoms with van der Waals surface area (Å²) in [6, 6.07) is 1.15. The summed E-state index contributed by atoms with van der Waals surface area (Å²) in [7, 11) is 0. The molecule has 100 valence electrons. The van der Waals surface area contributed by atoms with E-state index < -0.39 is 5.82 Å². The normalized spacial score (nSPS) is 10.4. The van der Waals surface area contributed by atoms with Gasteiger partial charge in [0.25, 0.3) is 5.91 Å². The molecule has 0 unspecified atom stereocenters. The minimum absolute atomic E-state index is 0.207. The van der Waals surface area contributed by atoms with Crippen LogP contribution in [-0.2, 0) is 0 Å². The van der Waals surface area contributed by atoms with Crippen molar-refractivity contribution in [1.29, 1.82) is 0 Å². The number of rotatable bonds is 5. The maximum Gasteiger partial charge on any atom is 0.252 e. The zero-order valence-corrected chi connectivity index (χ0v) is 11.0. The molecular formula is C11H12FN5OS. The summed E-state index contributed by atoms with van der Waals surface area (Å²) >= 11 is 1.42. The summed E-state index contributed by atoms with van der Waals surface area (Å²) in [5, 5.41) is 10.00. The number of carbonyl (C=O) groups is 1. The van der Waals surface area contributed by atoms with E-state index in [-0.39, 0.29) is 11.5 Å². The average Bonchev–Trinajstić information content (AvgIpc) is 2.80. The molecule has 2 aromatic rings. The Kier molecular flexibility index (Phi) is 4.45. The zero-order valence-electron chi connectivity index (χ0n) is 10.2. The molecule has 8 heteroatoms. The van der Waals surface area contributed by atoms with Gasteiger partial charge in [0.05, 0.1) is 11.8 Å². The van der Waals surface area contributed by atoms with E-state index >= 15 is 0 Å². The van der Waals surface area contributed by atoms with E-state index in [9.17, 15) is 9.18 Å². The number of hydrogen-bond acceptors (Lipinski definition) is 5. The molecule has 0 aliphatic heterocycles. The number of nitrogens with zero attached hydrogens (tertiary/aromatic N) is 3. The molecule has 2 aromatic heterocycles. The first-order valence-electron chi connectivity index (χ1n) is 5.55. The van der Waals surface area contributed by atoms with Crippen LogP contribution in [-0.4, -0.2) is 38.4 Å². The summed E-state index contributed by atoms with van der Waals surface area (Å²) in [5.41, 5.74) is 0.207. The van der Waals surface area contributed by atoms with E-state index in [1.165, 1.54) is 18.0 Å². The molecule has 0 saturated heterocycles. The standard InChI is InChI=1S/C11H12FN5OS/c1-7-15-11(17-16-7)19-3-2-14-10(18)8-4-9(12)6-13-5-8/h4-6H,2-3H2,1H3,(H,14,18)(H,15,16,17). The highest BCUT2D eigenvalue weighted by Crippen LogP contribution is 2.10. The molecule has 0 aromatic carbocycles. The quantitative estimate of drug-likeness (QED) is 0.635. The van der Waals surface area contributed by atoms with E-state index in [1.54, 1.807) is 0 Å². The summed E-state index contributed by atoms with van der Waals surface area (Å²) in [4.78, 5) is 19.4. The van der Waals surface area contributed by atoms with Crippen LogP contribution in [0.3, 0.4) is 0 Å². The van der Waals surface area contributed by atoms with Gasteiger partial charge in [-0.2, -0.15) is 0 Å². The maximum atomic E-state index is 12.9. The van der Waals surface area contributed by atoms with Gasteiger partial charge >= 0.3 is 0 Å². The topological polar surface area (TPSA) is 83.6 Å². The van der Waals surface area contributed by atoms with Crippen molar-refractivity contribution in [2.75, 3.05) is 12.3 Å². The molecule has 0 aliphatic rings. The number of aryl methyl sites for hydroxylation is 1. The monoisotopic (exact) mass is 281 g/mol. The number of aromatic amines is 1. The molecule has 6 nitrogen and oxygen atoms in total. The van der Waals surface area contributed by atoms with Crippen molar-refractivity contribution < 1.29 is 9.18 Å². The molecule has 0 fully saturated rings. The first-order chi connectivity index (χ1) is 9.15. The molecule has 19 heavy (non-hydrogen) atoms. The number of nitrogens with one attached hydrogen (secondary N) is 2. The van der Waals surface area contributed by atoms with Gasteiger partial charge in [0.1, 0.15) is 11.6 Å². The minimum Gasteiger partial charge on any atom is -0.351 e. The molecule has 0 spiro atoms.